The summed E-state index contributed by atoms with van der Waals surface area (Å²) < 4.78 is 4.38. The van der Waals surface area contributed by atoms with Gasteiger partial charge in [0.2, 0.25) is 5.91 Å². The largest absolute Gasteiger partial charge is 0.335 e. The summed E-state index contributed by atoms with van der Waals surface area (Å²) in [6, 6.07) is 2.25. The molecule has 0 N–H and O–H groups in total. The van der Waals surface area contributed by atoms with Crippen LogP contribution in [-0.2, 0) is 11.3 Å². The predicted octanol–water partition coefficient (Wildman–Crippen LogP) is 1.91. The van der Waals surface area contributed by atoms with Crippen molar-refractivity contribution in [1.29, 1.82) is 0 Å². The van der Waals surface area contributed by atoms with Gasteiger partial charge >= 0.3 is 0 Å². The average Bonchev–Trinajstić information content (AvgIpc) is 3.11. The fraction of sp³-hybridized carbons (Fsp3) is 0.529. The van der Waals surface area contributed by atoms with E-state index in [0.29, 0.717) is 11.7 Å². The van der Waals surface area contributed by atoms with Crippen LogP contribution in [0.4, 0.5) is 0 Å². The number of hydrogen-bond acceptors (Lipinski definition) is 4. The molecular weight excluding hydrogens is 386 g/mol. The van der Waals surface area contributed by atoms with Crippen LogP contribution < -0.4 is 5.56 Å². The van der Waals surface area contributed by atoms with E-state index in [9.17, 15) is 9.59 Å². The van der Waals surface area contributed by atoms with E-state index in [4.69, 9.17) is 0 Å². The van der Waals surface area contributed by atoms with Gasteiger partial charge in [-0.1, -0.05) is 0 Å². The Kier molecular flexibility index (Phi) is 4.23. The molecule has 2 fully saturated rings. The SMILES string of the molecule is Cc1cc(=O)n(CC(=O)N2C3CCC2CC(n2cc(Br)cn2)C3)cn1. The summed E-state index contributed by atoms with van der Waals surface area (Å²) >= 11 is 3.44. The van der Waals surface area contributed by atoms with Crippen LogP contribution in [0.5, 0.6) is 0 Å². The Morgan fingerprint density at radius 2 is 2.00 bits per heavy atom. The molecule has 4 heterocycles. The van der Waals surface area contributed by atoms with Crippen LogP contribution >= 0.6 is 15.9 Å². The van der Waals surface area contributed by atoms with E-state index in [1.54, 1.807) is 13.1 Å². The molecular formula is C17H20BrN5O2. The maximum Gasteiger partial charge on any atom is 0.253 e. The Balaban J connectivity index is 1.49. The number of piperidine rings is 1. The van der Waals surface area contributed by atoms with Gasteiger partial charge in [-0.3, -0.25) is 18.8 Å². The molecule has 2 saturated heterocycles. The van der Waals surface area contributed by atoms with Gasteiger partial charge in [0.1, 0.15) is 6.54 Å². The van der Waals surface area contributed by atoms with Gasteiger partial charge in [-0.05, 0) is 48.5 Å². The number of fused-ring (bicyclic) bond motifs is 2. The number of rotatable bonds is 3. The topological polar surface area (TPSA) is 73.0 Å². The van der Waals surface area contributed by atoms with Crippen molar-refractivity contribution in [3.05, 3.63) is 45.3 Å². The Morgan fingerprint density at radius 1 is 1.28 bits per heavy atom. The molecule has 4 rings (SSSR count). The number of amides is 1. The Morgan fingerprint density at radius 3 is 2.60 bits per heavy atom. The first-order valence-electron chi connectivity index (χ1n) is 8.55. The van der Waals surface area contributed by atoms with E-state index >= 15 is 0 Å². The van der Waals surface area contributed by atoms with E-state index in [1.807, 2.05) is 15.8 Å². The normalized spacial score (nSPS) is 25.4. The van der Waals surface area contributed by atoms with Gasteiger partial charge in [0.25, 0.3) is 5.56 Å². The van der Waals surface area contributed by atoms with Gasteiger partial charge in [0, 0.05) is 30.0 Å². The minimum Gasteiger partial charge on any atom is -0.335 e. The summed E-state index contributed by atoms with van der Waals surface area (Å²) in [5.74, 6) is 0.0142. The van der Waals surface area contributed by atoms with Gasteiger partial charge in [0.15, 0.2) is 0 Å². The number of hydrogen-bond donors (Lipinski definition) is 0. The second kappa shape index (κ2) is 6.40. The van der Waals surface area contributed by atoms with Crippen molar-refractivity contribution in [3.8, 4) is 0 Å². The van der Waals surface area contributed by atoms with Crippen LogP contribution in [0.15, 0.2) is 34.1 Å². The van der Waals surface area contributed by atoms with E-state index in [-0.39, 0.29) is 30.1 Å². The highest BCUT2D eigenvalue weighted by Gasteiger charge is 2.43. The molecule has 2 aromatic heterocycles. The molecule has 2 unspecified atom stereocenters. The minimum atomic E-state index is -0.176. The molecule has 0 spiro atoms. The zero-order chi connectivity index (χ0) is 17.6. The second-order valence-corrected chi connectivity index (χ2v) is 7.86. The standard InChI is InChI=1S/C17H20BrN5O2/c1-11-4-16(24)21(10-19-11)9-17(25)23-13-2-3-14(23)6-15(5-13)22-8-12(18)7-20-22/h4,7-8,10,13-15H,2-3,5-6,9H2,1H3. The molecule has 8 heteroatoms. The molecule has 0 radical (unpaired) electrons. The van der Waals surface area contributed by atoms with Gasteiger partial charge in [-0.25, -0.2) is 4.98 Å². The third kappa shape index (κ3) is 3.15. The van der Waals surface area contributed by atoms with Crippen LogP contribution in [0.1, 0.15) is 37.4 Å². The van der Waals surface area contributed by atoms with Gasteiger partial charge in [-0.15, -0.1) is 0 Å². The van der Waals surface area contributed by atoms with Crippen molar-refractivity contribution in [2.75, 3.05) is 0 Å². The van der Waals surface area contributed by atoms with Crippen molar-refractivity contribution >= 4 is 21.8 Å². The quantitative estimate of drug-likeness (QED) is 0.781. The summed E-state index contributed by atoms with van der Waals surface area (Å²) in [6.07, 6.45) is 9.14. The Hall–Kier alpha value is -1.96. The first-order chi connectivity index (χ1) is 12.0. The summed E-state index contributed by atoms with van der Waals surface area (Å²) in [4.78, 5) is 31.0. The zero-order valence-electron chi connectivity index (χ0n) is 14.0. The van der Waals surface area contributed by atoms with Crippen LogP contribution in [0.2, 0.25) is 0 Å². The summed E-state index contributed by atoms with van der Waals surface area (Å²) in [5, 5.41) is 4.41. The maximum absolute atomic E-state index is 12.8. The summed E-state index contributed by atoms with van der Waals surface area (Å²) in [6.45, 7) is 1.84. The van der Waals surface area contributed by atoms with Crippen molar-refractivity contribution in [1.82, 2.24) is 24.2 Å². The van der Waals surface area contributed by atoms with E-state index in [0.717, 1.165) is 30.2 Å². The smallest absolute Gasteiger partial charge is 0.253 e. The number of carbonyl (C=O) groups excluding carboxylic acids is 1. The molecule has 2 atom stereocenters. The number of nitrogens with zero attached hydrogens (tertiary/aromatic N) is 5. The molecule has 132 valence electrons. The molecule has 0 saturated carbocycles. The fourth-order valence-electron chi connectivity index (χ4n) is 4.15. The number of carbonyl (C=O) groups is 1. The molecule has 2 aliphatic rings. The average molecular weight is 406 g/mol. The molecule has 2 aromatic rings. The van der Waals surface area contributed by atoms with Crippen LogP contribution in [0, 0.1) is 6.92 Å². The van der Waals surface area contributed by atoms with Gasteiger partial charge < -0.3 is 4.90 Å². The van der Waals surface area contributed by atoms with Crippen molar-refractivity contribution in [3.63, 3.8) is 0 Å². The summed E-state index contributed by atoms with van der Waals surface area (Å²) in [5.41, 5.74) is 0.490. The molecule has 2 aliphatic heterocycles. The molecule has 1 amide bonds. The maximum atomic E-state index is 12.8. The lowest BCUT2D eigenvalue weighted by molar-refractivity contribution is -0.137. The van der Waals surface area contributed by atoms with Gasteiger partial charge in [-0.2, -0.15) is 5.10 Å². The van der Waals surface area contributed by atoms with Crippen molar-refractivity contribution in [2.45, 2.75) is 57.3 Å². The van der Waals surface area contributed by atoms with Gasteiger partial charge in [0.05, 0.1) is 23.0 Å². The first-order valence-corrected chi connectivity index (χ1v) is 9.34. The van der Waals surface area contributed by atoms with E-state index in [1.165, 1.54) is 17.0 Å². The van der Waals surface area contributed by atoms with E-state index < -0.39 is 0 Å². The first kappa shape index (κ1) is 16.5. The van der Waals surface area contributed by atoms with Crippen molar-refractivity contribution in [2.24, 2.45) is 0 Å². The predicted molar refractivity (Wildman–Crippen MR) is 95.1 cm³/mol. The zero-order valence-corrected chi connectivity index (χ0v) is 15.6. The van der Waals surface area contributed by atoms with Crippen LogP contribution in [-0.4, -0.2) is 42.2 Å². The second-order valence-electron chi connectivity index (χ2n) is 6.95. The lowest BCUT2D eigenvalue weighted by Gasteiger charge is -2.39. The third-order valence-corrected chi connectivity index (χ3v) is 5.67. The number of aromatic nitrogens is 4. The monoisotopic (exact) mass is 405 g/mol. The molecule has 0 aliphatic carbocycles. The summed E-state index contributed by atoms with van der Waals surface area (Å²) in [7, 11) is 0. The Labute approximate surface area is 153 Å². The van der Waals surface area contributed by atoms with Crippen LogP contribution in [0.3, 0.4) is 0 Å². The fourth-order valence-corrected chi connectivity index (χ4v) is 4.45. The highest BCUT2D eigenvalue weighted by Crippen LogP contribution is 2.40. The lowest BCUT2D eigenvalue weighted by atomic mass is 9.97. The molecule has 0 aromatic carbocycles. The van der Waals surface area contributed by atoms with Crippen molar-refractivity contribution < 1.29 is 4.79 Å². The number of halogens is 1. The molecule has 2 bridgehead atoms. The highest BCUT2D eigenvalue weighted by molar-refractivity contribution is 9.10. The van der Waals surface area contributed by atoms with Crippen LogP contribution in [0.25, 0.3) is 0 Å². The molecule has 25 heavy (non-hydrogen) atoms. The number of aryl methyl sites for hydroxylation is 1. The highest BCUT2D eigenvalue weighted by atomic mass is 79.9. The third-order valence-electron chi connectivity index (χ3n) is 5.26. The van der Waals surface area contributed by atoms with E-state index in [2.05, 4.69) is 26.0 Å². The molecule has 7 nitrogen and oxygen atoms in total. The lowest BCUT2D eigenvalue weighted by Crippen LogP contribution is -2.48. The minimum absolute atomic E-state index is 0.0142. The Bertz CT molecular complexity index is 847.